The Labute approximate surface area is 125 Å². The Bertz CT molecular complexity index is 787. The molecule has 21 heavy (non-hydrogen) atoms. The minimum atomic E-state index is -0.373. The number of hydrogen-bond donors (Lipinski definition) is 1. The number of primary amides is 1. The molecule has 0 spiro atoms. The molecule has 1 aromatic carbocycles. The first-order valence-electron chi connectivity index (χ1n) is 6.42. The zero-order valence-corrected chi connectivity index (χ0v) is 12.1. The van der Waals surface area contributed by atoms with E-state index in [9.17, 15) is 4.79 Å². The molecular formula is C15H13N3O2S. The van der Waals surface area contributed by atoms with Crippen molar-refractivity contribution in [2.45, 2.75) is 17.2 Å². The number of para-hydroxylation sites is 1. The molecular weight excluding hydrogens is 286 g/mol. The molecule has 0 unspecified atom stereocenters. The summed E-state index contributed by atoms with van der Waals surface area (Å²) in [7, 11) is 0. The van der Waals surface area contributed by atoms with Crippen LogP contribution in [-0.2, 0) is 4.79 Å². The maximum absolute atomic E-state index is 11.3. The minimum absolute atomic E-state index is 0.368. The number of amides is 1. The van der Waals surface area contributed by atoms with E-state index < -0.39 is 0 Å². The summed E-state index contributed by atoms with van der Waals surface area (Å²) >= 11 is 1.33. The lowest BCUT2D eigenvalue weighted by Gasteiger charge is -2.10. The summed E-state index contributed by atoms with van der Waals surface area (Å²) < 4.78 is 5.35. The van der Waals surface area contributed by atoms with E-state index in [4.69, 9.17) is 10.2 Å². The van der Waals surface area contributed by atoms with Crippen molar-refractivity contribution in [2.24, 2.45) is 5.73 Å². The van der Waals surface area contributed by atoms with Crippen molar-refractivity contribution >= 4 is 28.6 Å². The molecule has 0 aliphatic carbocycles. The zero-order chi connectivity index (χ0) is 14.8. The molecule has 0 saturated carbocycles. The number of carbonyl (C=O) groups is 1. The first kappa shape index (κ1) is 13.6. The van der Waals surface area contributed by atoms with Gasteiger partial charge in [-0.15, -0.1) is 0 Å². The van der Waals surface area contributed by atoms with Crippen molar-refractivity contribution in [3.63, 3.8) is 0 Å². The van der Waals surface area contributed by atoms with Gasteiger partial charge in [0.2, 0.25) is 5.91 Å². The second-order valence-electron chi connectivity index (χ2n) is 4.51. The van der Waals surface area contributed by atoms with Crippen LogP contribution in [0.4, 0.5) is 0 Å². The second-order valence-corrected chi connectivity index (χ2v) is 5.84. The lowest BCUT2D eigenvalue weighted by Crippen LogP contribution is -2.22. The Balaban J connectivity index is 2.14. The van der Waals surface area contributed by atoms with Gasteiger partial charge in [-0.05, 0) is 25.1 Å². The second kappa shape index (κ2) is 5.57. The van der Waals surface area contributed by atoms with Crippen LogP contribution < -0.4 is 5.73 Å². The molecule has 1 amide bonds. The molecule has 0 saturated heterocycles. The topological polar surface area (TPSA) is 82.0 Å². The van der Waals surface area contributed by atoms with Gasteiger partial charge in [0.05, 0.1) is 17.0 Å². The molecule has 0 aliphatic rings. The highest BCUT2D eigenvalue weighted by molar-refractivity contribution is 8.00. The van der Waals surface area contributed by atoms with Gasteiger partial charge in [0.15, 0.2) is 11.6 Å². The first-order valence-corrected chi connectivity index (χ1v) is 7.30. The molecule has 0 aliphatic heterocycles. The number of hydrogen-bond acceptors (Lipinski definition) is 5. The van der Waals surface area contributed by atoms with Gasteiger partial charge in [0, 0.05) is 5.39 Å². The maximum atomic E-state index is 11.3. The molecule has 5 nitrogen and oxygen atoms in total. The minimum Gasteiger partial charge on any atom is -0.461 e. The summed E-state index contributed by atoms with van der Waals surface area (Å²) in [5.41, 5.74) is 6.14. The third kappa shape index (κ3) is 2.75. The molecule has 2 N–H and O–H groups in total. The number of fused-ring (bicyclic) bond motifs is 1. The summed E-state index contributed by atoms with van der Waals surface area (Å²) in [4.78, 5) is 20.3. The number of carbonyl (C=O) groups excluding carboxylic acids is 1. The normalized spacial score (nSPS) is 12.4. The van der Waals surface area contributed by atoms with Gasteiger partial charge in [-0.1, -0.05) is 30.0 Å². The van der Waals surface area contributed by atoms with Crippen LogP contribution in [0.2, 0.25) is 0 Å². The Hall–Kier alpha value is -2.34. The van der Waals surface area contributed by atoms with E-state index in [1.165, 1.54) is 11.8 Å². The van der Waals surface area contributed by atoms with E-state index >= 15 is 0 Å². The van der Waals surface area contributed by atoms with Gasteiger partial charge in [-0.3, -0.25) is 4.79 Å². The molecule has 106 valence electrons. The zero-order valence-electron chi connectivity index (χ0n) is 11.3. The Kier molecular flexibility index (Phi) is 3.62. The molecule has 6 heteroatoms. The van der Waals surface area contributed by atoms with Crippen LogP contribution in [0.25, 0.3) is 22.5 Å². The van der Waals surface area contributed by atoms with Crippen molar-refractivity contribution in [3.8, 4) is 11.6 Å². The van der Waals surface area contributed by atoms with Crippen molar-refractivity contribution in [1.82, 2.24) is 9.97 Å². The maximum Gasteiger partial charge on any atom is 0.230 e. The van der Waals surface area contributed by atoms with Gasteiger partial charge in [0.25, 0.3) is 0 Å². The summed E-state index contributed by atoms with van der Waals surface area (Å²) in [5, 5.41) is 1.25. The number of furan rings is 1. The highest BCUT2D eigenvalue weighted by Crippen LogP contribution is 2.30. The molecule has 3 aromatic rings. The van der Waals surface area contributed by atoms with Crippen LogP contribution in [0.15, 0.2) is 52.1 Å². The van der Waals surface area contributed by atoms with Crippen molar-refractivity contribution in [3.05, 3.63) is 42.7 Å². The molecule has 0 radical (unpaired) electrons. The lowest BCUT2D eigenvalue weighted by atomic mass is 10.2. The van der Waals surface area contributed by atoms with Gasteiger partial charge in [-0.2, -0.15) is 0 Å². The van der Waals surface area contributed by atoms with Crippen LogP contribution in [0.3, 0.4) is 0 Å². The predicted molar refractivity (Wildman–Crippen MR) is 81.8 cm³/mol. The summed E-state index contributed by atoms with van der Waals surface area (Å²) in [5.74, 6) is 0.717. The average molecular weight is 299 g/mol. The fourth-order valence-corrected chi connectivity index (χ4v) is 2.77. The monoisotopic (exact) mass is 299 g/mol. The van der Waals surface area contributed by atoms with Gasteiger partial charge < -0.3 is 10.2 Å². The van der Waals surface area contributed by atoms with Gasteiger partial charge >= 0.3 is 0 Å². The number of rotatable bonds is 4. The van der Waals surface area contributed by atoms with Crippen LogP contribution in [-0.4, -0.2) is 21.1 Å². The predicted octanol–water partition coefficient (Wildman–Crippen LogP) is 2.86. The van der Waals surface area contributed by atoms with Crippen LogP contribution in [0.5, 0.6) is 0 Å². The Morgan fingerprint density at radius 2 is 2.05 bits per heavy atom. The number of aromatic nitrogens is 2. The van der Waals surface area contributed by atoms with E-state index in [1.807, 2.05) is 24.3 Å². The summed E-state index contributed by atoms with van der Waals surface area (Å²) in [6.45, 7) is 1.76. The van der Waals surface area contributed by atoms with E-state index in [0.29, 0.717) is 11.6 Å². The smallest absolute Gasteiger partial charge is 0.230 e. The van der Waals surface area contributed by atoms with Gasteiger partial charge in [-0.25, -0.2) is 9.97 Å². The van der Waals surface area contributed by atoms with Crippen LogP contribution in [0.1, 0.15) is 6.92 Å². The standard InChI is InChI=1S/C15H13N3O2S/c1-9(13(16)19)21-15-10-5-2-3-6-11(10)17-14(18-15)12-7-4-8-20-12/h2-9H,1H3,(H2,16,19)/t9-/m1/s1. The quantitative estimate of drug-likeness (QED) is 0.591. The SMILES string of the molecule is C[C@@H](Sc1nc(-c2ccco2)nc2ccccc12)C(N)=O. The van der Waals surface area contributed by atoms with Crippen molar-refractivity contribution < 1.29 is 9.21 Å². The van der Waals surface area contributed by atoms with E-state index in [2.05, 4.69) is 9.97 Å². The third-order valence-corrected chi connectivity index (χ3v) is 4.12. The number of thioether (sulfide) groups is 1. The van der Waals surface area contributed by atoms with Crippen LogP contribution in [0, 0.1) is 0 Å². The largest absolute Gasteiger partial charge is 0.461 e. The number of nitrogens with two attached hydrogens (primary N) is 1. The lowest BCUT2D eigenvalue weighted by molar-refractivity contribution is -0.117. The number of nitrogens with zero attached hydrogens (tertiary/aromatic N) is 2. The molecule has 2 aromatic heterocycles. The molecule has 3 rings (SSSR count). The first-order chi connectivity index (χ1) is 10.1. The fourth-order valence-electron chi connectivity index (χ4n) is 1.88. The van der Waals surface area contributed by atoms with E-state index in [1.54, 1.807) is 25.3 Å². The Morgan fingerprint density at radius 3 is 2.76 bits per heavy atom. The average Bonchev–Trinajstić information content (AvgIpc) is 3.01. The van der Waals surface area contributed by atoms with Crippen molar-refractivity contribution in [1.29, 1.82) is 0 Å². The van der Waals surface area contributed by atoms with Crippen molar-refractivity contribution in [2.75, 3.05) is 0 Å². The van der Waals surface area contributed by atoms with E-state index in [0.717, 1.165) is 15.9 Å². The fraction of sp³-hybridized carbons (Fsp3) is 0.133. The summed E-state index contributed by atoms with van der Waals surface area (Å²) in [6, 6.07) is 11.2. The highest BCUT2D eigenvalue weighted by Gasteiger charge is 2.16. The van der Waals surface area contributed by atoms with Crippen LogP contribution >= 0.6 is 11.8 Å². The third-order valence-electron chi connectivity index (χ3n) is 3.00. The highest BCUT2D eigenvalue weighted by atomic mass is 32.2. The molecule has 0 bridgehead atoms. The molecule has 0 fully saturated rings. The molecule has 1 atom stereocenters. The van der Waals surface area contributed by atoms with Gasteiger partial charge in [0.1, 0.15) is 5.03 Å². The molecule has 2 heterocycles. The van der Waals surface area contributed by atoms with E-state index in [-0.39, 0.29) is 11.2 Å². The Morgan fingerprint density at radius 1 is 1.24 bits per heavy atom. The summed E-state index contributed by atoms with van der Waals surface area (Å²) in [6.07, 6.45) is 1.58. The number of benzene rings is 1.